The van der Waals surface area contributed by atoms with Crippen LogP contribution in [0.3, 0.4) is 0 Å². The predicted octanol–water partition coefficient (Wildman–Crippen LogP) is 5.13. The van der Waals surface area contributed by atoms with E-state index in [0.29, 0.717) is 0 Å². The van der Waals surface area contributed by atoms with Crippen molar-refractivity contribution in [2.24, 2.45) is 0 Å². The van der Waals surface area contributed by atoms with Crippen LogP contribution in [0.15, 0.2) is 60.7 Å². The Labute approximate surface area is 129 Å². The Morgan fingerprint density at radius 1 is 0.909 bits per heavy atom. The van der Waals surface area contributed by atoms with E-state index >= 15 is 0 Å². The van der Waals surface area contributed by atoms with Gasteiger partial charge in [-0.15, -0.1) is 0 Å². The number of fused-ring (bicyclic) bond motifs is 2. The van der Waals surface area contributed by atoms with Crippen LogP contribution in [0.1, 0.15) is 12.5 Å². The summed E-state index contributed by atoms with van der Waals surface area (Å²) < 4.78 is 0. The molecule has 0 saturated heterocycles. The molecule has 0 fully saturated rings. The Hall–Kier alpha value is -2.74. The van der Waals surface area contributed by atoms with Crippen molar-refractivity contribution in [3.63, 3.8) is 0 Å². The average molecular weight is 286 g/mol. The minimum absolute atomic E-state index is 0.743. The monoisotopic (exact) mass is 286 g/mol. The van der Waals surface area contributed by atoms with Crippen LogP contribution >= 0.6 is 0 Å². The van der Waals surface area contributed by atoms with E-state index in [-0.39, 0.29) is 0 Å². The van der Waals surface area contributed by atoms with Crippen molar-refractivity contribution in [3.8, 4) is 11.1 Å². The molecule has 0 unspecified atom stereocenters. The van der Waals surface area contributed by atoms with Crippen LogP contribution in [0.4, 0.5) is 5.82 Å². The van der Waals surface area contributed by atoms with E-state index in [0.717, 1.165) is 23.3 Å². The lowest BCUT2D eigenvalue weighted by molar-refractivity contribution is 1.16. The van der Waals surface area contributed by atoms with Crippen molar-refractivity contribution in [3.05, 3.63) is 66.2 Å². The Morgan fingerprint density at radius 2 is 1.68 bits per heavy atom. The third kappa shape index (κ3) is 1.81. The quantitative estimate of drug-likeness (QED) is 0.527. The molecule has 3 N–H and O–H groups in total. The number of benzene rings is 3. The fraction of sp³-hybridized carbons (Fsp3) is 0.100. The van der Waals surface area contributed by atoms with Gasteiger partial charge in [-0.2, -0.15) is 0 Å². The molecule has 3 aromatic carbocycles. The van der Waals surface area contributed by atoms with Crippen LogP contribution in [0, 0.1) is 0 Å². The molecule has 1 aromatic heterocycles. The minimum Gasteiger partial charge on any atom is -0.385 e. The summed E-state index contributed by atoms with van der Waals surface area (Å²) in [5.74, 6) is 0.743. The number of nitrogens with two attached hydrogens (primary N) is 1. The van der Waals surface area contributed by atoms with Gasteiger partial charge in [-0.05, 0) is 34.4 Å². The lowest BCUT2D eigenvalue weighted by Gasteiger charge is -2.09. The number of nitrogen functional groups attached to an aromatic ring is 1. The molecule has 0 spiro atoms. The average Bonchev–Trinajstić information content (AvgIpc) is 2.90. The number of nitrogens with one attached hydrogen (secondary N) is 1. The van der Waals surface area contributed by atoms with E-state index in [1.807, 2.05) is 0 Å². The van der Waals surface area contributed by atoms with Gasteiger partial charge in [-0.25, -0.2) is 0 Å². The van der Waals surface area contributed by atoms with Gasteiger partial charge in [-0.3, -0.25) is 0 Å². The van der Waals surface area contributed by atoms with Crippen molar-refractivity contribution in [1.29, 1.82) is 0 Å². The number of aryl methyl sites for hydroxylation is 1. The highest BCUT2D eigenvalue weighted by molar-refractivity contribution is 6.10. The summed E-state index contributed by atoms with van der Waals surface area (Å²) in [6, 6.07) is 21.2. The van der Waals surface area contributed by atoms with Crippen molar-refractivity contribution < 1.29 is 0 Å². The number of aromatic nitrogens is 1. The largest absolute Gasteiger partial charge is 0.385 e. The molecule has 4 aromatic rings. The Morgan fingerprint density at radius 3 is 2.55 bits per heavy atom. The molecule has 0 radical (unpaired) electrons. The molecular formula is C20H18N2. The van der Waals surface area contributed by atoms with Gasteiger partial charge in [-0.1, -0.05) is 61.5 Å². The van der Waals surface area contributed by atoms with Crippen molar-refractivity contribution in [2.45, 2.75) is 13.3 Å². The van der Waals surface area contributed by atoms with Crippen LogP contribution in [-0.4, -0.2) is 4.98 Å². The highest BCUT2D eigenvalue weighted by Crippen LogP contribution is 2.39. The highest BCUT2D eigenvalue weighted by atomic mass is 14.9. The molecule has 0 atom stereocenters. The molecule has 0 saturated carbocycles. The molecule has 0 aliphatic carbocycles. The second-order valence-electron chi connectivity index (χ2n) is 5.63. The molecule has 0 bridgehead atoms. The smallest absolute Gasteiger partial charge is 0.109 e. The molecule has 22 heavy (non-hydrogen) atoms. The van der Waals surface area contributed by atoms with Gasteiger partial charge in [0.2, 0.25) is 0 Å². The summed E-state index contributed by atoms with van der Waals surface area (Å²) in [7, 11) is 0. The van der Waals surface area contributed by atoms with Gasteiger partial charge in [0.15, 0.2) is 0 Å². The standard InChI is InChI=1S/C20H18N2/c1-2-13-8-6-12-17-18(13)19(20(21)22-17)16-11-5-9-14-7-3-4-10-15(14)16/h3-12,22H,2,21H2,1H3. The molecule has 1 heterocycles. The summed E-state index contributed by atoms with van der Waals surface area (Å²) in [6.45, 7) is 2.19. The fourth-order valence-corrected chi connectivity index (χ4v) is 3.36. The third-order valence-electron chi connectivity index (χ3n) is 4.38. The van der Waals surface area contributed by atoms with Crippen molar-refractivity contribution >= 4 is 27.5 Å². The van der Waals surface area contributed by atoms with Gasteiger partial charge < -0.3 is 10.7 Å². The van der Waals surface area contributed by atoms with Crippen LogP contribution < -0.4 is 5.73 Å². The van der Waals surface area contributed by atoms with Crippen molar-refractivity contribution in [1.82, 2.24) is 4.98 Å². The van der Waals surface area contributed by atoms with E-state index in [4.69, 9.17) is 5.73 Å². The van der Waals surface area contributed by atoms with Gasteiger partial charge in [0.05, 0.1) is 0 Å². The Kier molecular flexibility index (Phi) is 2.90. The maximum absolute atomic E-state index is 6.34. The zero-order valence-corrected chi connectivity index (χ0v) is 12.6. The lowest BCUT2D eigenvalue weighted by Crippen LogP contribution is -1.89. The summed E-state index contributed by atoms with van der Waals surface area (Å²) in [6.07, 6.45) is 0.992. The predicted molar refractivity (Wildman–Crippen MR) is 95.0 cm³/mol. The highest BCUT2D eigenvalue weighted by Gasteiger charge is 2.15. The van der Waals surface area contributed by atoms with Crippen LogP contribution in [0.25, 0.3) is 32.8 Å². The molecule has 0 aliphatic rings. The molecule has 2 nitrogen and oxygen atoms in total. The van der Waals surface area contributed by atoms with E-state index in [1.54, 1.807) is 0 Å². The normalized spacial score (nSPS) is 11.3. The second-order valence-corrected chi connectivity index (χ2v) is 5.63. The maximum atomic E-state index is 6.34. The minimum atomic E-state index is 0.743. The first-order valence-corrected chi connectivity index (χ1v) is 7.66. The maximum Gasteiger partial charge on any atom is 0.109 e. The first kappa shape index (κ1) is 13.0. The number of anilines is 1. The number of aromatic amines is 1. The molecule has 0 aliphatic heterocycles. The van der Waals surface area contributed by atoms with Gasteiger partial charge >= 0.3 is 0 Å². The third-order valence-corrected chi connectivity index (χ3v) is 4.38. The second kappa shape index (κ2) is 4.92. The Balaban J connectivity index is 2.15. The van der Waals surface area contributed by atoms with E-state index in [9.17, 15) is 0 Å². The van der Waals surface area contributed by atoms with E-state index < -0.39 is 0 Å². The number of rotatable bonds is 2. The topological polar surface area (TPSA) is 41.8 Å². The summed E-state index contributed by atoms with van der Waals surface area (Å²) in [4.78, 5) is 3.34. The lowest BCUT2D eigenvalue weighted by atomic mass is 9.94. The van der Waals surface area contributed by atoms with Crippen LogP contribution in [0.5, 0.6) is 0 Å². The van der Waals surface area contributed by atoms with Gasteiger partial charge in [0, 0.05) is 16.5 Å². The van der Waals surface area contributed by atoms with Gasteiger partial charge in [0.1, 0.15) is 5.82 Å². The van der Waals surface area contributed by atoms with E-state index in [2.05, 4.69) is 72.6 Å². The first-order chi connectivity index (χ1) is 10.8. The van der Waals surface area contributed by atoms with Gasteiger partial charge in [0.25, 0.3) is 0 Å². The first-order valence-electron chi connectivity index (χ1n) is 7.66. The zero-order valence-electron chi connectivity index (χ0n) is 12.6. The SMILES string of the molecule is CCc1cccc2[nH]c(N)c(-c3cccc4ccccc34)c12. The number of hydrogen-bond donors (Lipinski definition) is 2. The fourth-order valence-electron chi connectivity index (χ4n) is 3.36. The summed E-state index contributed by atoms with van der Waals surface area (Å²) in [5, 5.41) is 3.73. The number of hydrogen-bond acceptors (Lipinski definition) is 1. The zero-order chi connectivity index (χ0) is 15.1. The molecule has 4 rings (SSSR count). The van der Waals surface area contributed by atoms with Crippen LogP contribution in [-0.2, 0) is 6.42 Å². The molecular weight excluding hydrogens is 268 g/mol. The van der Waals surface area contributed by atoms with Crippen molar-refractivity contribution in [2.75, 3.05) is 5.73 Å². The van der Waals surface area contributed by atoms with Crippen LogP contribution in [0.2, 0.25) is 0 Å². The molecule has 2 heteroatoms. The summed E-state index contributed by atoms with van der Waals surface area (Å²) in [5.41, 5.74) is 11.1. The summed E-state index contributed by atoms with van der Waals surface area (Å²) >= 11 is 0. The van der Waals surface area contributed by atoms with E-state index in [1.165, 1.54) is 27.3 Å². The number of H-pyrrole nitrogens is 1. The molecule has 0 amide bonds. The molecule has 108 valence electrons. The Bertz CT molecular complexity index is 974.